The summed E-state index contributed by atoms with van der Waals surface area (Å²) >= 11 is 0. The van der Waals surface area contributed by atoms with Crippen molar-refractivity contribution in [3.8, 4) is 0 Å². The standard InChI is InChI=1S/C13H21NO4S/c15-19(16)8-2-12(10-19)14-11-1-5-18-13(9-11)3-6-17-7-4-13/h2,8,11-12,14H,1,3-7,9-10H2. The van der Waals surface area contributed by atoms with Crippen LogP contribution >= 0.6 is 0 Å². The highest BCUT2D eigenvalue weighted by Crippen LogP contribution is 2.34. The molecule has 0 aromatic rings. The van der Waals surface area contributed by atoms with E-state index < -0.39 is 9.84 Å². The van der Waals surface area contributed by atoms with Gasteiger partial charge in [0.1, 0.15) is 0 Å². The molecule has 19 heavy (non-hydrogen) atoms. The minimum absolute atomic E-state index is 0.0370. The van der Waals surface area contributed by atoms with Gasteiger partial charge in [0.2, 0.25) is 0 Å². The molecule has 2 fully saturated rings. The van der Waals surface area contributed by atoms with Crippen LogP contribution in [0.4, 0.5) is 0 Å². The van der Waals surface area contributed by atoms with Crippen LogP contribution in [-0.4, -0.2) is 51.7 Å². The average molecular weight is 287 g/mol. The molecule has 1 N–H and O–H groups in total. The van der Waals surface area contributed by atoms with Crippen LogP contribution in [0.3, 0.4) is 0 Å². The molecule has 5 nitrogen and oxygen atoms in total. The molecule has 0 aromatic carbocycles. The fourth-order valence-electron chi connectivity index (χ4n) is 3.24. The first-order chi connectivity index (χ1) is 9.07. The van der Waals surface area contributed by atoms with E-state index in [-0.39, 0.29) is 17.4 Å². The van der Waals surface area contributed by atoms with E-state index in [4.69, 9.17) is 9.47 Å². The first kappa shape index (κ1) is 13.5. The lowest BCUT2D eigenvalue weighted by molar-refractivity contribution is -0.140. The molecule has 0 amide bonds. The van der Waals surface area contributed by atoms with Gasteiger partial charge in [0.15, 0.2) is 9.84 Å². The molecule has 2 unspecified atom stereocenters. The largest absolute Gasteiger partial charge is 0.381 e. The number of nitrogens with one attached hydrogen (secondary N) is 1. The Morgan fingerprint density at radius 2 is 2.00 bits per heavy atom. The zero-order valence-electron chi connectivity index (χ0n) is 11.0. The number of sulfone groups is 1. The van der Waals surface area contributed by atoms with Gasteiger partial charge in [-0.2, -0.15) is 0 Å². The van der Waals surface area contributed by atoms with Gasteiger partial charge in [0.25, 0.3) is 0 Å². The Morgan fingerprint density at radius 1 is 1.21 bits per heavy atom. The first-order valence-electron chi connectivity index (χ1n) is 6.96. The summed E-state index contributed by atoms with van der Waals surface area (Å²) in [6.45, 7) is 2.29. The topological polar surface area (TPSA) is 64.6 Å². The lowest BCUT2D eigenvalue weighted by Crippen LogP contribution is -2.52. The summed E-state index contributed by atoms with van der Waals surface area (Å²) in [7, 11) is -2.97. The van der Waals surface area contributed by atoms with E-state index >= 15 is 0 Å². The first-order valence-corrected chi connectivity index (χ1v) is 8.67. The summed E-state index contributed by atoms with van der Waals surface area (Å²) in [5.74, 6) is 0.195. The minimum atomic E-state index is -2.97. The quantitative estimate of drug-likeness (QED) is 0.806. The van der Waals surface area contributed by atoms with Crippen LogP contribution in [0.15, 0.2) is 11.5 Å². The lowest BCUT2D eigenvalue weighted by Gasteiger charge is -2.44. The monoisotopic (exact) mass is 287 g/mol. The Morgan fingerprint density at radius 3 is 2.68 bits per heavy atom. The van der Waals surface area contributed by atoms with Crippen LogP contribution in [0.1, 0.15) is 25.7 Å². The predicted octanol–water partition coefficient (Wildman–Crippen LogP) is 0.615. The molecule has 3 rings (SSSR count). The molecule has 0 bridgehead atoms. The van der Waals surface area contributed by atoms with Gasteiger partial charge >= 0.3 is 0 Å². The van der Waals surface area contributed by atoms with Crippen molar-refractivity contribution in [3.63, 3.8) is 0 Å². The summed E-state index contributed by atoms with van der Waals surface area (Å²) in [6, 6.07) is 0.305. The molecule has 6 heteroatoms. The second-order valence-corrected chi connectivity index (χ2v) is 7.70. The fraction of sp³-hybridized carbons (Fsp3) is 0.846. The summed E-state index contributed by atoms with van der Waals surface area (Å²) < 4.78 is 34.2. The molecule has 0 radical (unpaired) electrons. The molecule has 0 saturated carbocycles. The van der Waals surface area contributed by atoms with Crippen molar-refractivity contribution in [2.24, 2.45) is 0 Å². The van der Waals surface area contributed by atoms with Crippen molar-refractivity contribution in [1.82, 2.24) is 5.32 Å². The Hall–Kier alpha value is -0.430. The average Bonchev–Trinajstić information content (AvgIpc) is 2.70. The molecule has 3 heterocycles. The Bertz CT molecular complexity index is 448. The maximum Gasteiger partial charge on any atom is 0.173 e. The van der Waals surface area contributed by atoms with Gasteiger partial charge in [0, 0.05) is 37.3 Å². The molecule has 2 atom stereocenters. The van der Waals surface area contributed by atoms with E-state index in [0.717, 1.165) is 45.5 Å². The van der Waals surface area contributed by atoms with Crippen molar-refractivity contribution in [1.29, 1.82) is 0 Å². The van der Waals surface area contributed by atoms with Gasteiger partial charge in [-0.3, -0.25) is 0 Å². The van der Waals surface area contributed by atoms with Gasteiger partial charge in [-0.05, 0) is 25.7 Å². The molecule has 2 saturated heterocycles. The van der Waals surface area contributed by atoms with Gasteiger partial charge in [-0.15, -0.1) is 0 Å². The number of hydrogen-bond acceptors (Lipinski definition) is 5. The Kier molecular flexibility index (Phi) is 3.68. The minimum Gasteiger partial charge on any atom is -0.381 e. The fourth-order valence-corrected chi connectivity index (χ4v) is 4.49. The van der Waals surface area contributed by atoms with Gasteiger partial charge in [-0.1, -0.05) is 6.08 Å². The maximum atomic E-state index is 11.4. The maximum absolute atomic E-state index is 11.4. The molecule has 0 aliphatic carbocycles. The smallest absolute Gasteiger partial charge is 0.173 e. The van der Waals surface area contributed by atoms with Crippen molar-refractivity contribution in [2.45, 2.75) is 43.4 Å². The van der Waals surface area contributed by atoms with E-state index in [2.05, 4.69) is 5.32 Å². The van der Waals surface area contributed by atoms with E-state index in [0.29, 0.717) is 6.04 Å². The number of rotatable bonds is 2. The van der Waals surface area contributed by atoms with Crippen LogP contribution in [0.25, 0.3) is 0 Å². The SMILES string of the molecule is O=S1(=O)C=CC(NC2CCOC3(CCOCC3)C2)C1. The molecule has 3 aliphatic heterocycles. The van der Waals surface area contributed by atoms with Crippen molar-refractivity contribution in [3.05, 3.63) is 11.5 Å². The third-order valence-electron chi connectivity index (χ3n) is 4.28. The van der Waals surface area contributed by atoms with Crippen LogP contribution in [0.5, 0.6) is 0 Å². The third kappa shape index (κ3) is 3.18. The second-order valence-electron chi connectivity index (χ2n) is 5.76. The molecule has 0 aromatic heterocycles. The summed E-state index contributed by atoms with van der Waals surface area (Å²) in [5.41, 5.74) is -0.0463. The number of hydrogen-bond donors (Lipinski definition) is 1. The zero-order chi connectivity index (χ0) is 13.3. The van der Waals surface area contributed by atoms with Crippen molar-refractivity contribution < 1.29 is 17.9 Å². The second kappa shape index (κ2) is 5.16. The third-order valence-corrected chi connectivity index (χ3v) is 5.67. The summed E-state index contributed by atoms with van der Waals surface area (Å²) in [6.07, 6.45) is 5.57. The van der Waals surface area contributed by atoms with E-state index in [1.807, 2.05) is 0 Å². The summed E-state index contributed by atoms with van der Waals surface area (Å²) in [4.78, 5) is 0. The zero-order valence-corrected chi connectivity index (χ0v) is 11.8. The normalized spacial score (nSPS) is 36.6. The molecule has 3 aliphatic rings. The summed E-state index contributed by atoms with van der Waals surface area (Å²) in [5, 5.41) is 4.79. The van der Waals surface area contributed by atoms with Crippen LogP contribution < -0.4 is 5.32 Å². The molecule has 1 spiro atoms. The van der Waals surface area contributed by atoms with Crippen molar-refractivity contribution >= 4 is 9.84 Å². The van der Waals surface area contributed by atoms with E-state index in [9.17, 15) is 8.42 Å². The van der Waals surface area contributed by atoms with Gasteiger partial charge in [0.05, 0.1) is 11.4 Å². The van der Waals surface area contributed by atoms with E-state index in [1.165, 1.54) is 5.41 Å². The molecule has 108 valence electrons. The lowest BCUT2D eigenvalue weighted by atomic mass is 9.84. The van der Waals surface area contributed by atoms with E-state index in [1.54, 1.807) is 6.08 Å². The molecular formula is C13H21NO4S. The number of ether oxygens (including phenoxy) is 2. The van der Waals surface area contributed by atoms with Gasteiger partial charge < -0.3 is 14.8 Å². The predicted molar refractivity (Wildman–Crippen MR) is 71.6 cm³/mol. The highest BCUT2D eigenvalue weighted by molar-refractivity contribution is 7.94. The van der Waals surface area contributed by atoms with Crippen molar-refractivity contribution in [2.75, 3.05) is 25.6 Å². The van der Waals surface area contributed by atoms with Crippen LogP contribution in [0, 0.1) is 0 Å². The van der Waals surface area contributed by atoms with Gasteiger partial charge in [-0.25, -0.2) is 8.42 Å². The highest BCUT2D eigenvalue weighted by atomic mass is 32.2. The Labute approximate surface area is 114 Å². The highest BCUT2D eigenvalue weighted by Gasteiger charge is 2.39. The Balaban J connectivity index is 1.58. The van der Waals surface area contributed by atoms with Crippen LogP contribution in [0.2, 0.25) is 0 Å². The van der Waals surface area contributed by atoms with Crippen LogP contribution in [-0.2, 0) is 19.3 Å². The molecular weight excluding hydrogens is 266 g/mol.